The van der Waals surface area contributed by atoms with Gasteiger partial charge in [-0.15, -0.1) is 11.3 Å². The van der Waals surface area contributed by atoms with Gasteiger partial charge in [-0.05, 0) is 30.7 Å². The number of para-hydroxylation sites is 2. The number of benzene rings is 2. The minimum atomic E-state index is -0.0991. The summed E-state index contributed by atoms with van der Waals surface area (Å²) in [4.78, 5) is 34.7. The van der Waals surface area contributed by atoms with Gasteiger partial charge in [0.25, 0.3) is 5.56 Å². The predicted molar refractivity (Wildman–Crippen MR) is 133 cm³/mol. The van der Waals surface area contributed by atoms with Crippen LogP contribution in [-0.2, 0) is 28.2 Å². The second-order valence-corrected chi connectivity index (χ2v) is 9.21. The van der Waals surface area contributed by atoms with E-state index in [2.05, 4.69) is 10.3 Å². The molecule has 1 N–H and O–H groups in total. The quantitative estimate of drug-likeness (QED) is 0.206. The molecular formula is C24H24N4O3S2. The Morgan fingerprint density at radius 1 is 1.12 bits per heavy atom. The summed E-state index contributed by atoms with van der Waals surface area (Å²) in [6.45, 7) is 1.11. The summed E-state index contributed by atoms with van der Waals surface area (Å²) in [6, 6.07) is 16.8. The Kier molecular flexibility index (Phi) is 7.87. The Hall–Kier alpha value is -3.01. The third-order valence-electron chi connectivity index (χ3n) is 4.87. The molecule has 0 saturated heterocycles. The lowest BCUT2D eigenvalue weighted by atomic mass is 10.2. The molecule has 0 fully saturated rings. The minimum absolute atomic E-state index is 0.0456. The number of nitrogens with one attached hydrogen (secondary N) is 1. The standard InChI is InChI=1S/C24H24N4O3S2/c1-31-13-7-12-28-23(30)19-10-5-6-11-20(19)27-24(28)33-16-18-15-32-22(26-18)14-21(29)25-17-8-3-2-4-9-17/h2-6,8-11,15H,7,12-14,16H2,1H3,(H,25,29). The summed E-state index contributed by atoms with van der Waals surface area (Å²) in [6.07, 6.45) is 0.946. The van der Waals surface area contributed by atoms with Gasteiger partial charge in [0.05, 0.1) is 23.0 Å². The van der Waals surface area contributed by atoms with Crippen LogP contribution in [0.1, 0.15) is 17.1 Å². The number of thiazole rings is 1. The summed E-state index contributed by atoms with van der Waals surface area (Å²) < 4.78 is 6.86. The highest BCUT2D eigenvalue weighted by Crippen LogP contribution is 2.24. The first-order chi connectivity index (χ1) is 16.1. The molecule has 1 amide bonds. The normalized spacial score (nSPS) is 11.1. The van der Waals surface area contributed by atoms with E-state index in [4.69, 9.17) is 9.72 Å². The number of amides is 1. The highest BCUT2D eigenvalue weighted by atomic mass is 32.2. The van der Waals surface area contributed by atoms with E-state index in [-0.39, 0.29) is 17.9 Å². The van der Waals surface area contributed by atoms with E-state index in [1.54, 1.807) is 17.7 Å². The summed E-state index contributed by atoms with van der Waals surface area (Å²) in [5.74, 6) is 0.462. The van der Waals surface area contributed by atoms with Crippen molar-refractivity contribution < 1.29 is 9.53 Å². The van der Waals surface area contributed by atoms with Gasteiger partial charge in [0.15, 0.2) is 5.16 Å². The Bertz CT molecular complexity index is 1290. The van der Waals surface area contributed by atoms with Crippen molar-refractivity contribution in [2.24, 2.45) is 0 Å². The van der Waals surface area contributed by atoms with E-state index >= 15 is 0 Å². The van der Waals surface area contributed by atoms with Gasteiger partial charge in [-0.3, -0.25) is 14.2 Å². The van der Waals surface area contributed by atoms with Crippen LogP contribution in [0.3, 0.4) is 0 Å². The van der Waals surface area contributed by atoms with Gasteiger partial charge in [-0.25, -0.2) is 9.97 Å². The molecule has 2 heterocycles. The Labute approximate surface area is 199 Å². The van der Waals surface area contributed by atoms with E-state index in [1.807, 2.05) is 53.9 Å². The molecule has 2 aromatic heterocycles. The minimum Gasteiger partial charge on any atom is -0.385 e. The molecule has 0 radical (unpaired) electrons. The van der Waals surface area contributed by atoms with Crippen LogP contribution in [0.5, 0.6) is 0 Å². The van der Waals surface area contributed by atoms with E-state index in [9.17, 15) is 9.59 Å². The summed E-state index contributed by atoms with van der Waals surface area (Å²) in [5, 5.41) is 6.85. The van der Waals surface area contributed by atoms with Gasteiger partial charge >= 0.3 is 0 Å². The molecule has 0 atom stereocenters. The van der Waals surface area contributed by atoms with Gasteiger partial charge in [-0.1, -0.05) is 42.1 Å². The smallest absolute Gasteiger partial charge is 0.262 e. The van der Waals surface area contributed by atoms with Crippen molar-refractivity contribution in [1.82, 2.24) is 14.5 Å². The number of fused-ring (bicyclic) bond motifs is 1. The first-order valence-corrected chi connectivity index (χ1v) is 12.4. The second-order valence-electron chi connectivity index (χ2n) is 7.33. The number of ether oxygens (including phenoxy) is 1. The molecule has 7 nitrogen and oxygen atoms in total. The lowest BCUT2D eigenvalue weighted by molar-refractivity contribution is -0.115. The lowest BCUT2D eigenvalue weighted by Crippen LogP contribution is -2.24. The van der Waals surface area contributed by atoms with Crippen LogP contribution < -0.4 is 10.9 Å². The van der Waals surface area contributed by atoms with Crippen molar-refractivity contribution in [1.29, 1.82) is 0 Å². The van der Waals surface area contributed by atoms with Crippen molar-refractivity contribution in [3.8, 4) is 0 Å². The maximum Gasteiger partial charge on any atom is 0.262 e. The highest BCUT2D eigenvalue weighted by molar-refractivity contribution is 7.98. The number of carbonyl (C=O) groups excluding carboxylic acids is 1. The number of rotatable bonds is 10. The zero-order valence-corrected chi connectivity index (χ0v) is 19.8. The SMILES string of the molecule is COCCCn1c(SCc2csc(CC(=O)Nc3ccccc3)n2)nc2ccccc2c1=O. The van der Waals surface area contributed by atoms with Crippen LogP contribution in [0.4, 0.5) is 5.69 Å². The van der Waals surface area contributed by atoms with Crippen LogP contribution >= 0.6 is 23.1 Å². The molecule has 2 aromatic carbocycles. The maximum absolute atomic E-state index is 13.0. The lowest BCUT2D eigenvalue weighted by Gasteiger charge is -2.12. The van der Waals surface area contributed by atoms with Gasteiger partial charge in [-0.2, -0.15) is 0 Å². The fraction of sp³-hybridized carbons (Fsp3) is 0.250. The van der Waals surface area contributed by atoms with Crippen molar-refractivity contribution in [2.75, 3.05) is 19.0 Å². The number of nitrogens with zero attached hydrogens (tertiary/aromatic N) is 3. The third kappa shape index (κ3) is 6.07. The number of hydrogen-bond acceptors (Lipinski definition) is 7. The molecule has 4 rings (SSSR count). The van der Waals surface area contributed by atoms with Crippen molar-refractivity contribution >= 4 is 45.6 Å². The van der Waals surface area contributed by atoms with Gasteiger partial charge in [0.1, 0.15) is 5.01 Å². The summed E-state index contributed by atoms with van der Waals surface area (Å²) >= 11 is 2.94. The molecule has 4 aromatic rings. The maximum atomic E-state index is 13.0. The fourth-order valence-corrected chi connectivity index (χ4v) is 5.14. The monoisotopic (exact) mass is 480 g/mol. The molecule has 0 aliphatic rings. The zero-order chi connectivity index (χ0) is 23.0. The van der Waals surface area contributed by atoms with E-state index in [0.717, 1.165) is 22.8 Å². The second kappa shape index (κ2) is 11.2. The first-order valence-electron chi connectivity index (χ1n) is 10.5. The molecule has 0 aliphatic carbocycles. The van der Waals surface area contributed by atoms with Gasteiger partial charge in [0.2, 0.25) is 5.91 Å². The van der Waals surface area contributed by atoms with Crippen LogP contribution in [0.2, 0.25) is 0 Å². The van der Waals surface area contributed by atoms with E-state index < -0.39 is 0 Å². The molecule has 0 aliphatic heterocycles. The van der Waals surface area contributed by atoms with Crippen molar-refractivity contribution in [2.45, 2.75) is 30.3 Å². The average molecular weight is 481 g/mol. The molecular weight excluding hydrogens is 456 g/mol. The van der Waals surface area contributed by atoms with Crippen LogP contribution in [0.25, 0.3) is 10.9 Å². The summed E-state index contributed by atoms with van der Waals surface area (Å²) in [5.41, 5.74) is 2.27. The molecule has 9 heteroatoms. The zero-order valence-electron chi connectivity index (χ0n) is 18.2. The average Bonchev–Trinajstić information content (AvgIpc) is 3.27. The van der Waals surface area contributed by atoms with Crippen LogP contribution in [-0.4, -0.2) is 34.2 Å². The predicted octanol–water partition coefficient (Wildman–Crippen LogP) is 4.36. The van der Waals surface area contributed by atoms with Gasteiger partial charge < -0.3 is 10.1 Å². The van der Waals surface area contributed by atoms with Gasteiger partial charge in [0, 0.05) is 37.1 Å². The fourth-order valence-electron chi connectivity index (χ4n) is 3.32. The molecule has 0 saturated carbocycles. The highest BCUT2D eigenvalue weighted by Gasteiger charge is 2.13. The van der Waals surface area contributed by atoms with E-state index in [0.29, 0.717) is 35.0 Å². The largest absolute Gasteiger partial charge is 0.385 e. The first kappa shape index (κ1) is 23.2. The Morgan fingerprint density at radius 3 is 2.73 bits per heavy atom. The number of methoxy groups -OCH3 is 1. The number of aromatic nitrogens is 3. The van der Waals surface area contributed by atoms with Crippen molar-refractivity contribution in [3.05, 3.63) is 81.0 Å². The summed E-state index contributed by atoms with van der Waals surface area (Å²) in [7, 11) is 1.65. The third-order valence-corrected chi connectivity index (χ3v) is 6.78. The molecule has 0 spiro atoms. The number of hydrogen-bond donors (Lipinski definition) is 1. The molecule has 170 valence electrons. The van der Waals surface area contributed by atoms with Crippen LogP contribution in [0.15, 0.2) is 69.9 Å². The molecule has 0 bridgehead atoms. The van der Waals surface area contributed by atoms with Crippen LogP contribution in [0, 0.1) is 0 Å². The Balaban J connectivity index is 1.45. The van der Waals surface area contributed by atoms with E-state index in [1.165, 1.54) is 23.1 Å². The topological polar surface area (TPSA) is 86.1 Å². The molecule has 0 unspecified atom stereocenters. The number of carbonyl (C=O) groups is 1. The Morgan fingerprint density at radius 2 is 1.91 bits per heavy atom. The number of anilines is 1. The number of thioether (sulfide) groups is 1. The molecule has 33 heavy (non-hydrogen) atoms. The van der Waals surface area contributed by atoms with Crippen molar-refractivity contribution in [3.63, 3.8) is 0 Å².